The molecule has 1 aromatic carbocycles. The van der Waals surface area contributed by atoms with Gasteiger partial charge < -0.3 is 9.94 Å². The molecule has 0 aromatic heterocycles. The van der Waals surface area contributed by atoms with Crippen LogP contribution in [0.1, 0.15) is 30.9 Å². The van der Waals surface area contributed by atoms with E-state index in [1.165, 1.54) is 6.08 Å². The number of phenolic OH excluding ortho intramolecular Hbond substituents is 1. The van der Waals surface area contributed by atoms with Crippen molar-refractivity contribution in [3.63, 3.8) is 0 Å². The van der Waals surface area contributed by atoms with Crippen LogP contribution in [0, 0.1) is 5.92 Å². The van der Waals surface area contributed by atoms with Crippen LogP contribution in [0.5, 0.6) is 11.5 Å². The summed E-state index contributed by atoms with van der Waals surface area (Å²) in [5, 5.41) is 10.4. The predicted molar refractivity (Wildman–Crippen MR) is 84.6 cm³/mol. The third-order valence-corrected chi connectivity index (χ3v) is 4.47. The molecule has 2 aliphatic rings. The summed E-state index contributed by atoms with van der Waals surface area (Å²) in [6.07, 6.45) is 4.68. The Bertz CT molecular complexity index is 661. The van der Waals surface area contributed by atoms with E-state index in [2.05, 4.69) is 10.4 Å². The van der Waals surface area contributed by atoms with Crippen molar-refractivity contribution in [1.82, 2.24) is 10.4 Å². The van der Waals surface area contributed by atoms with Crippen molar-refractivity contribution in [3.8, 4) is 11.5 Å². The van der Waals surface area contributed by atoms with Crippen LogP contribution in [-0.4, -0.2) is 34.8 Å². The zero-order chi connectivity index (χ0) is 16.4. The van der Waals surface area contributed by atoms with E-state index in [-0.39, 0.29) is 29.1 Å². The quantitative estimate of drug-likeness (QED) is 0.886. The van der Waals surface area contributed by atoms with Gasteiger partial charge in [0.1, 0.15) is 5.78 Å². The molecule has 0 aliphatic carbocycles. The lowest BCUT2D eigenvalue weighted by atomic mass is 9.93. The molecule has 6 heteroatoms. The van der Waals surface area contributed by atoms with E-state index in [9.17, 15) is 14.7 Å². The third kappa shape index (κ3) is 3.37. The molecule has 2 heterocycles. The second kappa shape index (κ2) is 6.42. The third-order valence-electron chi connectivity index (χ3n) is 4.47. The molecule has 2 N–H and O–H groups in total. The van der Waals surface area contributed by atoms with Crippen LogP contribution in [0.25, 0.3) is 6.08 Å². The Morgan fingerprint density at radius 2 is 2.09 bits per heavy atom. The minimum atomic E-state index is -0.367. The predicted octanol–water partition coefficient (Wildman–Crippen LogP) is 1.63. The van der Waals surface area contributed by atoms with Crippen molar-refractivity contribution in [1.29, 1.82) is 0 Å². The van der Waals surface area contributed by atoms with E-state index in [4.69, 9.17) is 4.84 Å². The maximum absolute atomic E-state index is 11.4. The van der Waals surface area contributed by atoms with Gasteiger partial charge in [-0.25, -0.2) is 0 Å². The summed E-state index contributed by atoms with van der Waals surface area (Å²) in [5.74, 6) is 0.365. The van der Waals surface area contributed by atoms with Crippen LogP contribution in [0.15, 0.2) is 18.2 Å². The average Bonchev–Trinajstić information content (AvgIpc) is 2.73. The van der Waals surface area contributed by atoms with E-state index in [1.807, 2.05) is 12.1 Å². The highest BCUT2D eigenvalue weighted by atomic mass is 16.7. The lowest BCUT2D eigenvalue weighted by Crippen LogP contribution is -2.35. The molecular formula is C17H20N2O4. The van der Waals surface area contributed by atoms with E-state index in [1.54, 1.807) is 13.0 Å². The molecule has 2 aliphatic heterocycles. The van der Waals surface area contributed by atoms with Gasteiger partial charge in [0.25, 0.3) is 5.91 Å². The van der Waals surface area contributed by atoms with Crippen molar-refractivity contribution in [3.05, 3.63) is 29.3 Å². The molecular weight excluding hydrogens is 296 g/mol. The summed E-state index contributed by atoms with van der Waals surface area (Å²) < 4.78 is 0. The van der Waals surface area contributed by atoms with Crippen molar-refractivity contribution < 1.29 is 19.5 Å². The highest BCUT2D eigenvalue weighted by Gasteiger charge is 2.24. The Morgan fingerprint density at radius 1 is 1.35 bits per heavy atom. The summed E-state index contributed by atoms with van der Waals surface area (Å²) in [5.41, 5.74) is 3.65. The zero-order valence-electron chi connectivity index (χ0n) is 13.0. The minimum absolute atomic E-state index is 0.0445. The first-order chi connectivity index (χ1) is 11.0. The summed E-state index contributed by atoms with van der Waals surface area (Å²) in [6.45, 7) is 3.90. The fourth-order valence-electron chi connectivity index (χ4n) is 3.03. The number of hydrogen-bond acceptors (Lipinski definition) is 5. The smallest absolute Gasteiger partial charge is 0.276 e. The molecule has 1 amide bonds. The summed E-state index contributed by atoms with van der Waals surface area (Å²) in [7, 11) is 0. The van der Waals surface area contributed by atoms with E-state index < -0.39 is 0 Å². The molecule has 0 bridgehead atoms. The number of ketones is 1. The maximum atomic E-state index is 11.4. The molecule has 0 spiro atoms. The monoisotopic (exact) mass is 316 g/mol. The summed E-state index contributed by atoms with van der Waals surface area (Å²) in [4.78, 5) is 30.1. The standard InChI is InChI=1S/C17H20N2O4/c1-11(20)12-6-8-19(9-7-12)10-14-3-2-13-4-5-15(21)18-23-17(13)16(14)22/h2-5,12,22H,6-10H2,1H3,(H,18,21). The number of fused-ring (bicyclic) bond motifs is 1. The van der Waals surface area contributed by atoms with Crippen LogP contribution in [0.4, 0.5) is 0 Å². The van der Waals surface area contributed by atoms with Gasteiger partial charge >= 0.3 is 0 Å². The number of amides is 1. The van der Waals surface area contributed by atoms with Gasteiger partial charge in [0.2, 0.25) is 5.75 Å². The van der Waals surface area contributed by atoms with E-state index in [0.29, 0.717) is 12.1 Å². The van der Waals surface area contributed by atoms with Gasteiger partial charge in [0, 0.05) is 29.7 Å². The van der Waals surface area contributed by atoms with Gasteiger partial charge in [-0.1, -0.05) is 12.1 Å². The number of aromatic hydroxyl groups is 1. The number of phenols is 1. The Hall–Kier alpha value is -2.34. The number of nitrogens with one attached hydrogen (secondary N) is 1. The number of hydrogen-bond donors (Lipinski definition) is 2. The largest absolute Gasteiger partial charge is 0.504 e. The molecule has 122 valence electrons. The maximum Gasteiger partial charge on any atom is 0.276 e. The van der Waals surface area contributed by atoms with Gasteiger partial charge in [-0.3, -0.25) is 14.5 Å². The number of piperidine rings is 1. The topological polar surface area (TPSA) is 78.9 Å². The minimum Gasteiger partial charge on any atom is -0.504 e. The first kappa shape index (κ1) is 15.6. The van der Waals surface area contributed by atoms with E-state index in [0.717, 1.165) is 31.5 Å². The van der Waals surface area contributed by atoms with Crippen LogP contribution in [0.3, 0.4) is 0 Å². The Kier molecular flexibility index (Phi) is 4.34. The number of hydroxylamine groups is 1. The second-order valence-corrected chi connectivity index (χ2v) is 6.05. The van der Waals surface area contributed by atoms with Crippen LogP contribution < -0.4 is 10.3 Å². The number of likely N-dealkylation sites (tertiary alicyclic amines) is 1. The number of Topliss-reactive ketones (excluding diaryl/α,β-unsaturated/α-hetero) is 1. The molecule has 3 rings (SSSR count). The van der Waals surface area contributed by atoms with Crippen molar-refractivity contribution >= 4 is 17.8 Å². The number of carbonyl (C=O) groups is 2. The summed E-state index contributed by atoms with van der Waals surface area (Å²) in [6, 6.07) is 3.66. The van der Waals surface area contributed by atoms with Crippen molar-refractivity contribution in [2.45, 2.75) is 26.3 Å². The number of carbonyl (C=O) groups excluding carboxylic acids is 2. The molecule has 1 fully saturated rings. The van der Waals surface area contributed by atoms with Gasteiger partial charge in [-0.05, 0) is 38.9 Å². The molecule has 0 unspecified atom stereocenters. The molecule has 6 nitrogen and oxygen atoms in total. The van der Waals surface area contributed by atoms with Crippen LogP contribution >= 0.6 is 0 Å². The number of rotatable bonds is 3. The van der Waals surface area contributed by atoms with Gasteiger partial charge in [-0.15, -0.1) is 0 Å². The molecule has 0 atom stereocenters. The summed E-state index contributed by atoms with van der Waals surface area (Å²) >= 11 is 0. The number of benzene rings is 1. The lowest BCUT2D eigenvalue weighted by Gasteiger charge is -2.31. The van der Waals surface area contributed by atoms with Crippen LogP contribution in [0.2, 0.25) is 0 Å². The van der Waals surface area contributed by atoms with Crippen molar-refractivity contribution in [2.24, 2.45) is 5.92 Å². The lowest BCUT2D eigenvalue weighted by molar-refractivity contribution is -0.123. The zero-order valence-corrected chi connectivity index (χ0v) is 13.0. The average molecular weight is 316 g/mol. The molecule has 0 radical (unpaired) electrons. The fraction of sp³-hybridized carbons (Fsp3) is 0.412. The molecule has 23 heavy (non-hydrogen) atoms. The highest BCUT2D eigenvalue weighted by Crippen LogP contribution is 2.36. The highest BCUT2D eigenvalue weighted by molar-refractivity contribution is 5.92. The Balaban J connectivity index is 1.72. The number of nitrogens with zero attached hydrogens (tertiary/aromatic N) is 1. The van der Waals surface area contributed by atoms with Gasteiger partial charge in [-0.2, -0.15) is 5.48 Å². The fourth-order valence-corrected chi connectivity index (χ4v) is 3.03. The van der Waals surface area contributed by atoms with Gasteiger partial charge in [0.15, 0.2) is 5.75 Å². The Labute approximate surface area is 134 Å². The molecule has 1 saturated heterocycles. The Morgan fingerprint density at radius 3 is 2.78 bits per heavy atom. The van der Waals surface area contributed by atoms with Crippen molar-refractivity contribution in [2.75, 3.05) is 13.1 Å². The first-order valence-corrected chi connectivity index (χ1v) is 7.77. The SMILES string of the molecule is CC(=O)C1CCN(Cc2ccc3c(c2O)ONC(=O)C=C3)CC1. The first-order valence-electron chi connectivity index (χ1n) is 7.77. The van der Waals surface area contributed by atoms with E-state index >= 15 is 0 Å². The molecule has 0 saturated carbocycles. The normalized spacial score (nSPS) is 18.7. The molecule has 1 aromatic rings. The van der Waals surface area contributed by atoms with Crippen LogP contribution in [-0.2, 0) is 16.1 Å². The van der Waals surface area contributed by atoms with Gasteiger partial charge in [0.05, 0.1) is 0 Å². The second-order valence-electron chi connectivity index (χ2n) is 6.05.